The molecule has 0 N–H and O–H groups in total. The van der Waals surface area contributed by atoms with Crippen LogP contribution in [0.25, 0.3) is 47.9 Å². The molecule has 3 nitrogen and oxygen atoms in total. The van der Waals surface area contributed by atoms with E-state index >= 15 is 0 Å². The maximum atomic E-state index is 5.79. The van der Waals surface area contributed by atoms with Crippen molar-refractivity contribution in [2.45, 2.75) is 0 Å². The van der Waals surface area contributed by atoms with Gasteiger partial charge in [-0.15, -0.1) is 0 Å². The van der Waals surface area contributed by atoms with E-state index in [-0.39, 0.29) is 0 Å². The van der Waals surface area contributed by atoms with Gasteiger partial charge in [0.1, 0.15) is 0 Å². The average molecular weight is 654 g/mol. The molecule has 0 fully saturated rings. The molecule has 3 aromatic heterocycles. The van der Waals surface area contributed by atoms with Crippen LogP contribution in [-0.2, 0) is 0 Å². The average Bonchev–Trinajstić information content (AvgIpc) is 3.66. The summed E-state index contributed by atoms with van der Waals surface area (Å²) >= 11 is -1.98. The van der Waals surface area contributed by atoms with Gasteiger partial charge in [-0.1, -0.05) is 0 Å². The maximum absolute atomic E-state index is 5.79. The predicted octanol–water partition coefficient (Wildman–Crippen LogP) is 7.32. The monoisotopic (exact) mass is 655 g/mol. The van der Waals surface area contributed by atoms with Gasteiger partial charge in [-0.2, -0.15) is 0 Å². The van der Waals surface area contributed by atoms with Gasteiger partial charge in [0, 0.05) is 0 Å². The molecule has 0 atom stereocenters. The molecule has 0 aliphatic carbocycles. The molecule has 212 valence electrons. The summed E-state index contributed by atoms with van der Waals surface area (Å²) in [7, 11) is 0. The van der Waals surface area contributed by atoms with E-state index in [1.54, 1.807) is 11.3 Å². The molecular formula is C40H27GeN3S. The predicted molar refractivity (Wildman–Crippen MR) is 193 cm³/mol. The molecule has 0 aliphatic rings. The first-order chi connectivity index (χ1) is 22.3. The van der Waals surface area contributed by atoms with E-state index in [9.17, 15) is 0 Å². The Hall–Kier alpha value is -5.04. The molecule has 9 aromatic rings. The third-order valence-corrected chi connectivity index (χ3v) is 19.5. The zero-order chi connectivity index (χ0) is 29.8. The SMILES string of the molecule is c1cc[c]([Ge]([c]2ccccc2)([c]2ccccc2)[c]2nc(-n3c4ccccc4c4ccccc43)c3sc4ccccc4c3n2)cc1. The molecule has 9 rings (SSSR count). The van der Waals surface area contributed by atoms with Gasteiger partial charge in [0.05, 0.1) is 0 Å². The molecule has 5 heteroatoms. The number of hydrogen-bond donors (Lipinski definition) is 0. The first kappa shape index (κ1) is 26.4. The Morgan fingerprint density at radius 1 is 0.444 bits per heavy atom. The first-order valence-corrected chi connectivity index (χ1v) is 20.2. The Morgan fingerprint density at radius 3 is 1.42 bits per heavy atom. The molecule has 0 unspecified atom stereocenters. The Labute approximate surface area is 267 Å². The van der Waals surface area contributed by atoms with Gasteiger partial charge in [0.2, 0.25) is 0 Å². The molecule has 0 spiro atoms. The standard InChI is InChI=1S/C40H27GeN3S/c1-4-16-28(17-5-1)41(29-18-6-2-7-19-29,30-20-8-3-9-21-30)40-42-37-33-24-12-15-27-36(33)45-38(37)39(43-40)44-34-25-13-10-22-31(34)32-23-11-14-26-35(32)44/h1-27H. The molecule has 45 heavy (non-hydrogen) atoms. The molecule has 0 bridgehead atoms. The molecule has 3 heterocycles. The summed E-state index contributed by atoms with van der Waals surface area (Å²) in [5, 5.41) is 3.63. The van der Waals surface area contributed by atoms with Crippen LogP contribution in [0.3, 0.4) is 0 Å². The Bertz CT molecular complexity index is 2340. The van der Waals surface area contributed by atoms with Gasteiger partial charge < -0.3 is 0 Å². The molecule has 0 saturated heterocycles. The fraction of sp³-hybridized carbons (Fsp3) is 0. The topological polar surface area (TPSA) is 30.7 Å². The van der Waals surface area contributed by atoms with Crippen LogP contribution < -0.4 is 17.8 Å². The van der Waals surface area contributed by atoms with Crippen LogP contribution in [0.2, 0.25) is 0 Å². The summed E-state index contributed by atoms with van der Waals surface area (Å²) in [5.74, 6) is 0.950. The van der Waals surface area contributed by atoms with E-state index in [4.69, 9.17) is 9.97 Å². The number of rotatable bonds is 5. The van der Waals surface area contributed by atoms with Crippen LogP contribution in [-0.4, -0.2) is 27.8 Å². The molecular weight excluding hydrogens is 627 g/mol. The third kappa shape index (κ3) is 3.96. The van der Waals surface area contributed by atoms with E-state index in [0.717, 1.165) is 31.7 Å². The molecule has 0 amide bonds. The van der Waals surface area contributed by atoms with Gasteiger partial charge in [-0.05, 0) is 0 Å². The van der Waals surface area contributed by atoms with Crippen LogP contribution in [0.5, 0.6) is 0 Å². The van der Waals surface area contributed by atoms with Crippen LogP contribution >= 0.6 is 11.3 Å². The van der Waals surface area contributed by atoms with Crippen molar-refractivity contribution in [2.75, 3.05) is 0 Å². The molecule has 6 aromatic carbocycles. The van der Waals surface area contributed by atoms with E-state index in [2.05, 4.69) is 168 Å². The molecule has 0 aliphatic heterocycles. The van der Waals surface area contributed by atoms with E-state index in [1.165, 1.54) is 34.0 Å². The summed E-state index contributed by atoms with van der Waals surface area (Å²) in [5.41, 5.74) is 3.33. The van der Waals surface area contributed by atoms with Crippen molar-refractivity contribution in [3.05, 3.63) is 164 Å². The fourth-order valence-corrected chi connectivity index (χ4v) is 17.4. The first-order valence-electron chi connectivity index (χ1n) is 15.2. The van der Waals surface area contributed by atoms with Crippen molar-refractivity contribution >= 4 is 84.6 Å². The van der Waals surface area contributed by atoms with Crippen molar-refractivity contribution < 1.29 is 0 Å². The van der Waals surface area contributed by atoms with Crippen molar-refractivity contribution in [3.8, 4) is 5.82 Å². The number of benzene rings is 6. The van der Waals surface area contributed by atoms with Crippen molar-refractivity contribution in [1.82, 2.24) is 14.5 Å². The Balaban J connectivity index is 1.51. The normalized spacial score (nSPS) is 12.0. The summed E-state index contributed by atoms with van der Waals surface area (Å²) in [6.45, 7) is 0. The Kier molecular flexibility index (Phi) is 6.18. The minimum absolute atomic E-state index is 0.937. The second kappa shape index (κ2) is 10.5. The van der Waals surface area contributed by atoms with E-state index < -0.39 is 13.3 Å². The molecule has 0 radical (unpaired) electrons. The quantitative estimate of drug-likeness (QED) is 0.182. The number of fused-ring (bicyclic) bond motifs is 6. The van der Waals surface area contributed by atoms with Crippen LogP contribution in [0.1, 0.15) is 0 Å². The zero-order valence-corrected chi connectivity index (χ0v) is 27.3. The Morgan fingerprint density at radius 2 is 0.889 bits per heavy atom. The number of thiophene rings is 1. The van der Waals surface area contributed by atoms with E-state index in [0.29, 0.717) is 0 Å². The van der Waals surface area contributed by atoms with Crippen molar-refractivity contribution in [3.63, 3.8) is 0 Å². The van der Waals surface area contributed by atoms with Gasteiger partial charge >= 0.3 is 269 Å². The van der Waals surface area contributed by atoms with Gasteiger partial charge in [0.25, 0.3) is 0 Å². The van der Waals surface area contributed by atoms with Gasteiger partial charge in [-0.25, -0.2) is 0 Å². The van der Waals surface area contributed by atoms with Crippen LogP contribution in [0.15, 0.2) is 164 Å². The summed E-state index contributed by atoms with van der Waals surface area (Å²) in [4.78, 5) is 11.5. The number of hydrogen-bond acceptors (Lipinski definition) is 3. The number of aromatic nitrogens is 3. The number of nitrogens with zero attached hydrogens (tertiary/aromatic N) is 3. The van der Waals surface area contributed by atoms with Crippen LogP contribution in [0, 0.1) is 0 Å². The van der Waals surface area contributed by atoms with Crippen LogP contribution in [0.4, 0.5) is 0 Å². The number of para-hydroxylation sites is 2. The third-order valence-electron chi connectivity index (χ3n) is 8.95. The van der Waals surface area contributed by atoms with Gasteiger partial charge in [-0.3, -0.25) is 0 Å². The summed E-state index contributed by atoms with van der Waals surface area (Å²) < 4.78 is 9.56. The summed E-state index contributed by atoms with van der Waals surface area (Å²) in [6, 6.07) is 59.1. The van der Waals surface area contributed by atoms with Crippen molar-refractivity contribution in [2.24, 2.45) is 0 Å². The second-order valence-corrected chi connectivity index (χ2v) is 20.1. The fourth-order valence-electron chi connectivity index (χ4n) is 7.00. The van der Waals surface area contributed by atoms with Crippen molar-refractivity contribution in [1.29, 1.82) is 0 Å². The zero-order valence-electron chi connectivity index (χ0n) is 24.3. The molecule has 0 saturated carbocycles. The second-order valence-electron chi connectivity index (χ2n) is 11.4. The van der Waals surface area contributed by atoms with E-state index in [1.807, 2.05) is 0 Å². The van der Waals surface area contributed by atoms with Gasteiger partial charge in [0.15, 0.2) is 0 Å². The summed E-state index contributed by atoms with van der Waals surface area (Å²) in [6.07, 6.45) is 0. The minimum atomic E-state index is -3.76.